The zero-order valence-electron chi connectivity index (χ0n) is 14.9. The standard InChI is InChI=1S/C19H19N3O4S/c1-21(13-18(23)20-16-8-3-4-9-17(16)27-2)19(24)11-10-14-6-5-7-15(12-14)22(25)26/h3-12H,13H2,1-2H3,(H,20,23). The van der Waals surface area contributed by atoms with Gasteiger partial charge in [0.15, 0.2) is 0 Å². The van der Waals surface area contributed by atoms with Gasteiger partial charge < -0.3 is 10.2 Å². The van der Waals surface area contributed by atoms with Gasteiger partial charge in [0.2, 0.25) is 11.8 Å². The SMILES string of the molecule is CSc1ccccc1NC(=O)CN(C)C(=O)C=Cc1cccc([N+](=O)[O-])c1. The monoisotopic (exact) mass is 385 g/mol. The van der Waals surface area contributed by atoms with Gasteiger partial charge in [0, 0.05) is 30.2 Å². The minimum absolute atomic E-state index is 0.0511. The van der Waals surface area contributed by atoms with Crippen molar-refractivity contribution in [2.45, 2.75) is 4.90 Å². The molecule has 0 aliphatic rings. The largest absolute Gasteiger partial charge is 0.333 e. The van der Waals surface area contributed by atoms with Crippen molar-refractivity contribution in [3.05, 3.63) is 70.3 Å². The second kappa shape index (κ2) is 9.54. The molecule has 2 aromatic rings. The maximum atomic E-state index is 12.2. The second-order valence-electron chi connectivity index (χ2n) is 5.63. The van der Waals surface area contributed by atoms with Crippen LogP contribution in [0.25, 0.3) is 6.08 Å². The van der Waals surface area contributed by atoms with Gasteiger partial charge in [-0.2, -0.15) is 0 Å². The van der Waals surface area contributed by atoms with Gasteiger partial charge in [-0.3, -0.25) is 19.7 Å². The van der Waals surface area contributed by atoms with Gasteiger partial charge in [-0.1, -0.05) is 24.3 Å². The summed E-state index contributed by atoms with van der Waals surface area (Å²) < 4.78 is 0. The predicted molar refractivity (Wildman–Crippen MR) is 107 cm³/mol. The van der Waals surface area contributed by atoms with Crippen molar-refractivity contribution in [3.63, 3.8) is 0 Å². The van der Waals surface area contributed by atoms with Crippen LogP contribution in [0.1, 0.15) is 5.56 Å². The zero-order valence-corrected chi connectivity index (χ0v) is 15.7. The molecule has 0 saturated heterocycles. The summed E-state index contributed by atoms with van der Waals surface area (Å²) in [5.74, 6) is -0.689. The molecule has 27 heavy (non-hydrogen) atoms. The first-order valence-electron chi connectivity index (χ1n) is 8.01. The number of amides is 2. The number of rotatable bonds is 7. The van der Waals surface area contributed by atoms with Gasteiger partial charge in [-0.15, -0.1) is 11.8 Å². The Bertz CT molecular complexity index is 883. The third-order valence-electron chi connectivity index (χ3n) is 3.64. The fourth-order valence-corrected chi connectivity index (χ4v) is 2.82. The van der Waals surface area contributed by atoms with Gasteiger partial charge in [-0.25, -0.2) is 0 Å². The van der Waals surface area contributed by atoms with E-state index in [1.54, 1.807) is 18.2 Å². The molecule has 0 radical (unpaired) electrons. The number of benzene rings is 2. The molecule has 0 aromatic heterocycles. The second-order valence-corrected chi connectivity index (χ2v) is 6.48. The lowest BCUT2D eigenvalue weighted by Crippen LogP contribution is -2.33. The molecule has 0 heterocycles. The lowest BCUT2D eigenvalue weighted by atomic mass is 10.2. The molecule has 0 aliphatic carbocycles. The fraction of sp³-hybridized carbons (Fsp3) is 0.158. The van der Waals surface area contributed by atoms with Crippen LogP contribution < -0.4 is 5.32 Å². The van der Waals surface area contributed by atoms with E-state index in [1.165, 1.54) is 48.0 Å². The Morgan fingerprint density at radius 2 is 1.96 bits per heavy atom. The zero-order chi connectivity index (χ0) is 19.8. The van der Waals surface area contributed by atoms with Crippen LogP contribution in [-0.2, 0) is 9.59 Å². The third kappa shape index (κ3) is 5.96. The Balaban J connectivity index is 1.95. The van der Waals surface area contributed by atoms with E-state index in [0.29, 0.717) is 11.3 Å². The Kier molecular flexibility index (Phi) is 7.13. The molecule has 0 aliphatic heterocycles. The number of non-ortho nitro benzene ring substituents is 1. The number of hydrogen-bond donors (Lipinski definition) is 1. The lowest BCUT2D eigenvalue weighted by molar-refractivity contribution is -0.384. The molecule has 8 heteroatoms. The number of nitro groups is 1. The Hall–Kier alpha value is -3.13. The molecule has 0 saturated carbocycles. The molecule has 0 bridgehead atoms. The summed E-state index contributed by atoms with van der Waals surface area (Å²) in [5.41, 5.74) is 1.18. The predicted octanol–water partition coefficient (Wildman–Crippen LogP) is 3.43. The van der Waals surface area contributed by atoms with Crippen LogP contribution >= 0.6 is 11.8 Å². The molecular weight excluding hydrogens is 366 g/mol. The minimum Gasteiger partial charge on any atom is -0.333 e. The Labute approximate surface area is 161 Å². The number of thioether (sulfide) groups is 1. The van der Waals surface area contributed by atoms with Crippen LogP contribution in [0.4, 0.5) is 11.4 Å². The van der Waals surface area contributed by atoms with Crippen molar-refractivity contribution in [1.82, 2.24) is 4.90 Å². The number of carbonyl (C=O) groups is 2. The molecule has 0 atom stereocenters. The van der Waals surface area contributed by atoms with Crippen molar-refractivity contribution in [2.24, 2.45) is 0 Å². The van der Waals surface area contributed by atoms with E-state index in [9.17, 15) is 19.7 Å². The Morgan fingerprint density at radius 3 is 2.67 bits per heavy atom. The molecule has 2 rings (SSSR count). The van der Waals surface area contributed by atoms with Crippen molar-refractivity contribution in [1.29, 1.82) is 0 Å². The number of carbonyl (C=O) groups excluding carboxylic acids is 2. The van der Waals surface area contributed by atoms with Crippen molar-refractivity contribution < 1.29 is 14.5 Å². The van der Waals surface area contributed by atoms with Gasteiger partial charge in [0.25, 0.3) is 5.69 Å². The van der Waals surface area contributed by atoms with E-state index in [0.717, 1.165) is 4.90 Å². The van der Waals surface area contributed by atoms with E-state index in [-0.39, 0.29) is 24.0 Å². The number of para-hydroxylation sites is 1. The summed E-state index contributed by atoms with van der Waals surface area (Å²) in [7, 11) is 1.51. The van der Waals surface area contributed by atoms with Crippen LogP contribution in [0.3, 0.4) is 0 Å². The number of anilines is 1. The minimum atomic E-state index is -0.498. The summed E-state index contributed by atoms with van der Waals surface area (Å²) in [6, 6.07) is 13.4. The fourth-order valence-electron chi connectivity index (χ4n) is 2.27. The highest BCUT2D eigenvalue weighted by atomic mass is 32.2. The van der Waals surface area contributed by atoms with Crippen LogP contribution in [0, 0.1) is 10.1 Å². The van der Waals surface area contributed by atoms with E-state index in [4.69, 9.17) is 0 Å². The maximum Gasteiger partial charge on any atom is 0.270 e. The topological polar surface area (TPSA) is 92.6 Å². The first kappa shape index (κ1) is 20.2. The van der Waals surface area contributed by atoms with Crippen LogP contribution in [-0.4, -0.2) is 41.5 Å². The number of nitro benzene ring substituents is 1. The average Bonchev–Trinajstić information content (AvgIpc) is 2.66. The quantitative estimate of drug-likeness (QED) is 0.341. The normalized spacial score (nSPS) is 10.6. The molecule has 1 N–H and O–H groups in total. The number of nitrogens with one attached hydrogen (secondary N) is 1. The van der Waals surface area contributed by atoms with E-state index in [1.807, 2.05) is 24.5 Å². The van der Waals surface area contributed by atoms with E-state index < -0.39 is 4.92 Å². The number of hydrogen-bond acceptors (Lipinski definition) is 5. The van der Waals surface area contributed by atoms with Crippen LogP contribution in [0.5, 0.6) is 0 Å². The first-order valence-corrected chi connectivity index (χ1v) is 9.23. The summed E-state index contributed by atoms with van der Waals surface area (Å²) in [5, 5.41) is 13.6. The van der Waals surface area contributed by atoms with Crippen molar-refractivity contribution >= 4 is 41.0 Å². The van der Waals surface area contributed by atoms with E-state index in [2.05, 4.69) is 5.32 Å². The summed E-state index contributed by atoms with van der Waals surface area (Å²) in [6.45, 7) is -0.110. The first-order chi connectivity index (χ1) is 12.9. The Morgan fingerprint density at radius 1 is 1.22 bits per heavy atom. The van der Waals surface area contributed by atoms with E-state index >= 15 is 0 Å². The lowest BCUT2D eigenvalue weighted by Gasteiger charge is -2.15. The average molecular weight is 385 g/mol. The molecule has 7 nitrogen and oxygen atoms in total. The molecule has 0 unspecified atom stereocenters. The molecule has 2 aromatic carbocycles. The van der Waals surface area contributed by atoms with Crippen LogP contribution in [0.2, 0.25) is 0 Å². The highest BCUT2D eigenvalue weighted by molar-refractivity contribution is 7.98. The summed E-state index contributed by atoms with van der Waals surface area (Å²) >= 11 is 1.52. The number of likely N-dealkylation sites (N-methyl/N-ethyl adjacent to an activating group) is 1. The molecular formula is C19H19N3O4S. The van der Waals surface area contributed by atoms with Gasteiger partial charge in [0.1, 0.15) is 0 Å². The van der Waals surface area contributed by atoms with Gasteiger partial charge >= 0.3 is 0 Å². The smallest absolute Gasteiger partial charge is 0.270 e. The molecule has 0 spiro atoms. The summed E-state index contributed by atoms with van der Waals surface area (Å²) in [6.07, 6.45) is 4.67. The van der Waals surface area contributed by atoms with Crippen LogP contribution in [0.15, 0.2) is 59.5 Å². The molecule has 0 fully saturated rings. The molecule has 140 valence electrons. The van der Waals surface area contributed by atoms with Gasteiger partial charge in [-0.05, 0) is 30.0 Å². The van der Waals surface area contributed by atoms with Gasteiger partial charge in [0.05, 0.1) is 17.2 Å². The number of nitrogens with zero attached hydrogens (tertiary/aromatic N) is 2. The highest BCUT2D eigenvalue weighted by Gasteiger charge is 2.12. The third-order valence-corrected chi connectivity index (χ3v) is 4.43. The molecule has 2 amide bonds. The van der Waals surface area contributed by atoms with Crippen molar-refractivity contribution in [2.75, 3.05) is 25.2 Å². The van der Waals surface area contributed by atoms with Crippen molar-refractivity contribution in [3.8, 4) is 0 Å². The maximum absolute atomic E-state index is 12.2. The highest BCUT2D eigenvalue weighted by Crippen LogP contribution is 2.24. The summed E-state index contributed by atoms with van der Waals surface area (Å²) in [4.78, 5) is 36.8.